The summed E-state index contributed by atoms with van der Waals surface area (Å²) < 4.78 is 10.3. The summed E-state index contributed by atoms with van der Waals surface area (Å²) in [5.41, 5.74) is 2.65. The lowest BCUT2D eigenvalue weighted by Crippen LogP contribution is -2.40. The average Bonchev–Trinajstić information content (AvgIpc) is 2.94. The van der Waals surface area contributed by atoms with Crippen LogP contribution in [0.1, 0.15) is 27.4 Å². The number of amides is 2. The van der Waals surface area contributed by atoms with Crippen molar-refractivity contribution in [2.24, 2.45) is 0 Å². The Morgan fingerprint density at radius 1 is 1.24 bits per heavy atom. The maximum atomic E-state index is 12.5. The van der Waals surface area contributed by atoms with E-state index in [9.17, 15) is 9.59 Å². The molecule has 0 unspecified atom stereocenters. The van der Waals surface area contributed by atoms with Crippen molar-refractivity contribution in [1.82, 2.24) is 10.1 Å². The van der Waals surface area contributed by atoms with Crippen LogP contribution in [0.2, 0.25) is 0 Å². The molecule has 7 nitrogen and oxygen atoms in total. The number of ether oxygens (including phenoxy) is 1. The van der Waals surface area contributed by atoms with Crippen LogP contribution in [0.5, 0.6) is 0 Å². The second-order valence-electron chi connectivity index (χ2n) is 6.01. The van der Waals surface area contributed by atoms with Crippen LogP contribution in [0.25, 0.3) is 0 Å². The van der Waals surface area contributed by atoms with Crippen molar-refractivity contribution >= 4 is 17.5 Å². The highest BCUT2D eigenvalue weighted by Crippen LogP contribution is 2.16. The number of nitrogens with zero attached hydrogens (tertiary/aromatic N) is 2. The molecule has 0 atom stereocenters. The molecule has 2 amide bonds. The van der Waals surface area contributed by atoms with Crippen molar-refractivity contribution in [3.63, 3.8) is 0 Å². The number of morpholine rings is 1. The van der Waals surface area contributed by atoms with Gasteiger partial charge in [-0.15, -0.1) is 0 Å². The van der Waals surface area contributed by atoms with Crippen LogP contribution < -0.4 is 5.32 Å². The summed E-state index contributed by atoms with van der Waals surface area (Å²) >= 11 is 0. The van der Waals surface area contributed by atoms with Gasteiger partial charge in [0.25, 0.3) is 5.91 Å². The molecule has 1 aliphatic rings. The Hall–Kier alpha value is -2.67. The number of aryl methyl sites for hydroxylation is 2. The molecule has 132 valence electrons. The lowest BCUT2D eigenvalue weighted by Gasteiger charge is -2.27. The summed E-state index contributed by atoms with van der Waals surface area (Å²) in [6.45, 7) is 5.87. The molecule has 2 aromatic rings. The zero-order chi connectivity index (χ0) is 17.8. The van der Waals surface area contributed by atoms with Crippen LogP contribution in [-0.4, -0.2) is 48.2 Å². The normalized spacial score (nSPS) is 14.4. The number of carbonyl (C=O) groups is 2. The largest absolute Gasteiger partial charge is 0.378 e. The predicted octanol–water partition coefficient (Wildman–Crippen LogP) is 1.95. The SMILES string of the molecule is Cc1noc(C)c1CC(=O)Nc1cccc(C(=O)N2CCOCC2)c1. The standard InChI is InChI=1S/C18H21N3O4/c1-12-16(13(2)25-20-12)11-17(22)19-15-5-3-4-14(10-15)18(23)21-6-8-24-9-7-21/h3-5,10H,6-9,11H2,1-2H3,(H,19,22). The van der Waals surface area contributed by atoms with Gasteiger partial charge in [-0.3, -0.25) is 9.59 Å². The quantitative estimate of drug-likeness (QED) is 0.917. The van der Waals surface area contributed by atoms with Gasteiger partial charge in [-0.2, -0.15) is 0 Å². The fourth-order valence-corrected chi connectivity index (χ4v) is 2.80. The van der Waals surface area contributed by atoms with E-state index >= 15 is 0 Å². The van der Waals surface area contributed by atoms with E-state index in [1.165, 1.54) is 0 Å². The third kappa shape index (κ3) is 4.06. The molecule has 1 aliphatic heterocycles. The zero-order valence-electron chi connectivity index (χ0n) is 14.4. The van der Waals surface area contributed by atoms with Gasteiger partial charge in [0.1, 0.15) is 5.76 Å². The van der Waals surface area contributed by atoms with Crippen molar-refractivity contribution in [3.8, 4) is 0 Å². The van der Waals surface area contributed by atoms with Gasteiger partial charge in [0.2, 0.25) is 5.91 Å². The van der Waals surface area contributed by atoms with Crippen LogP contribution in [0.3, 0.4) is 0 Å². The highest BCUT2D eigenvalue weighted by atomic mass is 16.5. The Morgan fingerprint density at radius 2 is 2.00 bits per heavy atom. The van der Waals surface area contributed by atoms with Gasteiger partial charge in [-0.05, 0) is 32.0 Å². The molecule has 0 spiro atoms. The molecule has 1 aromatic heterocycles. The lowest BCUT2D eigenvalue weighted by molar-refractivity contribution is -0.115. The molecule has 2 heterocycles. The third-order valence-electron chi connectivity index (χ3n) is 4.21. The van der Waals surface area contributed by atoms with E-state index in [0.29, 0.717) is 49.0 Å². The Bertz CT molecular complexity index is 759. The van der Waals surface area contributed by atoms with Gasteiger partial charge in [-0.1, -0.05) is 11.2 Å². The lowest BCUT2D eigenvalue weighted by atomic mass is 10.1. The van der Waals surface area contributed by atoms with Gasteiger partial charge in [0.15, 0.2) is 0 Å². The highest BCUT2D eigenvalue weighted by Gasteiger charge is 2.19. The molecule has 1 N–H and O–H groups in total. The smallest absolute Gasteiger partial charge is 0.254 e. The maximum Gasteiger partial charge on any atom is 0.254 e. The molecule has 25 heavy (non-hydrogen) atoms. The number of hydrogen-bond acceptors (Lipinski definition) is 5. The summed E-state index contributed by atoms with van der Waals surface area (Å²) in [6, 6.07) is 6.98. The molecule has 0 radical (unpaired) electrons. The first-order chi connectivity index (χ1) is 12.0. The van der Waals surface area contributed by atoms with Crippen molar-refractivity contribution in [1.29, 1.82) is 0 Å². The molecule has 7 heteroatoms. The Labute approximate surface area is 145 Å². The van der Waals surface area contributed by atoms with E-state index in [1.807, 2.05) is 0 Å². The number of carbonyl (C=O) groups excluding carboxylic acids is 2. The Morgan fingerprint density at radius 3 is 2.68 bits per heavy atom. The van der Waals surface area contributed by atoms with E-state index in [4.69, 9.17) is 9.26 Å². The maximum absolute atomic E-state index is 12.5. The van der Waals surface area contributed by atoms with Gasteiger partial charge in [-0.25, -0.2) is 0 Å². The van der Waals surface area contributed by atoms with E-state index in [-0.39, 0.29) is 18.2 Å². The summed E-state index contributed by atoms with van der Waals surface area (Å²) in [6.07, 6.45) is 0.183. The highest BCUT2D eigenvalue weighted by molar-refractivity contribution is 5.97. The molecule has 1 aromatic carbocycles. The monoisotopic (exact) mass is 343 g/mol. The number of benzene rings is 1. The predicted molar refractivity (Wildman–Crippen MR) is 91.5 cm³/mol. The molecule has 3 rings (SSSR count). The minimum Gasteiger partial charge on any atom is -0.378 e. The fourth-order valence-electron chi connectivity index (χ4n) is 2.80. The number of aromatic nitrogens is 1. The van der Waals surface area contributed by atoms with Gasteiger partial charge in [0.05, 0.1) is 25.3 Å². The van der Waals surface area contributed by atoms with Crippen molar-refractivity contribution in [2.45, 2.75) is 20.3 Å². The van der Waals surface area contributed by atoms with Gasteiger partial charge >= 0.3 is 0 Å². The first-order valence-electron chi connectivity index (χ1n) is 8.23. The van der Waals surface area contributed by atoms with Crippen LogP contribution >= 0.6 is 0 Å². The second-order valence-corrected chi connectivity index (χ2v) is 6.01. The minimum atomic E-state index is -0.176. The van der Waals surface area contributed by atoms with Crippen LogP contribution in [-0.2, 0) is 16.0 Å². The molecule has 1 saturated heterocycles. The minimum absolute atomic E-state index is 0.0508. The average molecular weight is 343 g/mol. The number of anilines is 1. The van der Waals surface area contributed by atoms with Crippen LogP contribution in [0.15, 0.2) is 28.8 Å². The van der Waals surface area contributed by atoms with Crippen LogP contribution in [0, 0.1) is 13.8 Å². The van der Waals surface area contributed by atoms with Gasteiger partial charge < -0.3 is 19.5 Å². The van der Waals surface area contributed by atoms with E-state index < -0.39 is 0 Å². The van der Waals surface area contributed by atoms with E-state index in [0.717, 1.165) is 5.56 Å². The summed E-state index contributed by atoms with van der Waals surface area (Å²) in [4.78, 5) is 26.6. The zero-order valence-corrected chi connectivity index (χ0v) is 14.4. The molecule has 0 aliphatic carbocycles. The van der Waals surface area contributed by atoms with Gasteiger partial charge in [0, 0.05) is 29.9 Å². The Kier molecular flexibility index (Phi) is 5.14. The first kappa shape index (κ1) is 17.2. The van der Waals surface area contributed by atoms with Crippen molar-refractivity contribution in [3.05, 3.63) is 46.8 Å². The number of nitrogens with one attached hydrogen (secondary N) is 1. The molecular weight excluding hydrogens is 322 g/mol. The van der Waals surface area contributed by atoms with Crippen LogP contribution in [0.4, 0.5) is 5.69 Å². The topological polar surface area (TPSA) is 84.7 Å². The summed E-state index contributed by atoms with van der Waals surface area (Å²) in [7, 11) is 0. The first-order valence-corrected chi connectivity index (χ1v) is 8.23. The summed E-state index contributed by atoms with van der Waals surface area (Å²) in [5, 5.41) is 6.68. The van der Waals surface area contributed by atoms with E-state index in [2.05, 4.69) is 10.5 Å². The van der Waals surface area contributed by atoms with Crippen molar-refractivity contribution < 1.29 is 18.8 Å². The summed E-state index contributed by atoms with van der Waals surface area (Å²) in [5.74, 6) is 0.416. The molecule has 1 fully saturated rings. The fraction of sp³-hybridized carbons (Fsp3) is 0.389. The molecule has 0 saturated carbocycles. The van der Waals surface area contributed by atoms with Crippen molar-refractivity contribution in [2.75, 3.05) is 31.6 Å². The number of hydrogen-bond donors (Lipinski definition) is 1. The third-order valence-corrected chi connectivity index (χ3v) is 4.21. The molecular formula is C18H21N3O4. The molecule has 0 bridgehead atoms. The second kappa shape index (κ2) is 7.48. The van der Waals surface area contributed by atoms with E-state index in [1.54, 1.807) is 43.0 Å². The number of rotatable bonds is 4. The Balaban J connectivity index is 1.67.